The fourth-order valence-electron chi connectivity index (χ4n) is 6.20. The maximum Gasteiger partial charge on any atom is 0.0618 e. The zero-order valence-electron chi connectivity index (χ0n) is 15.4. The Hall–Kier alpha value is -0.600. The lowest BCUT2D eigenvalue weighted by Crippen LogP contribution is -2.61. The third-order valence-electron chi connectivity index (χ3n) is 8.41. The van der Waals surface area contributed by atoms with Crippen molar-refractivity contribution < 1.29 is 10.2 Å². The summed E-state index contributed by atoms with van der Waals surface area (Å²) in [6.45, 7) is 13.4. The van der Waals surface area contributed by atoms with E-state index in [9.17, 15) is 10.2 Å². The van der Waals surface area contributed by atoms with Crippen LogP contribution in [-0.2, 0) is 0 Å². The van der Waals surface area contributed by atoms with Crippen molar-refractivity contribution >= 4 is 0 Å². The fraction of sp³-hybridized carbons (Fsp3) is 0.810. The van der Waals surface area contributed by atoms with Crippen LogP contribution in [0.5, 0.6) is 0 Å². The first-order valence-corrected chi connectivity index (χ1v) is 9.30. The first kappa shape index (κ1) is 17.2. The average Bonchev–Trinajstić information content (AvgIpc) is 2.53. The van der Waals surface area contributed by atoms with Crippen molar-refractivity contribution in [2.45, 2.75) is 72.3 Å². The Labute approximate surface area is 141 Å². The number of hydrogen-bond acceptors (Lipinski definition) is 2. The van der Waals surface area contributed by atoms with E-state index in [4.69, 9.17) is 0 Å². The molecule has 2 N–H and O–H groups in total. The van der Waals surface area contributed by atoms with Crippen molar-refractivity contribution in [3.8, 4) is 0 Å². The van der Waals surface area contributed by atoms with Crippen LogP contribution in [-0.4, -0.2) is 22.9 Å². The lowest BCUT2D eigenvalue weighted by Gasteiger charge is -2.65. The van der Waals surface area contributed by atoms with E-state index in [0.29, 0.717) is 5.92 Å². The molecule has 2 fully saturated rings. The van der Waals surface area contributed by atoms with Gasteiger partial charge in [0.25, 0.3) is 0 Å². The predicted molar refractivity (Wildman–Crippen MR) is 95.0 cm³/mol. The number of hydrogen-bond donors (Lipinski definition) is 2. The van der Waals surface area contributed by atoms with Crippen LogP contribution < -0.4 is 0 Å². The van der Waals surface area contributed by atoms with Crippen molar-refractivity contribution in [3.63, 3.8) is 0 Å². The molecular weight excluding hydrogens is 284 g/mol. The fourth-order valence-corrected chi connectivity index (χ4v) is 6.20. The molecule has 2 heteroatoms. The summed E-state index contributed by atoms with van der Waals surface area (Å²) < 4.78 is 0. The molecule has 0 saturated heterocycles. The topological polar surface area (TPSA) is 40.5 Å². The zero-order chi connectivity index (χ0) is 17.1. The first-order chi connectivity index (χ1) is 10.7. The van der Waals surface area contributed by atoms with E-state index >= 15 is 0 Å². The molecule has 23 heavy (non-hydrogen) atoms. The van der Waals surface area contributed by atoms with Crippen LogP contribution in [0.15, 0.2) is 24.3 Å². The molecule has 0 unspecified atom stereocenters. The molecule has 3 aliphatic carbocycles. The van der Waals surface area contributed by atoms with E-state index in [1.54, 1.807) is 5.57 Å². The van der Waals surface area contributed by atoms with Gasteiger partial charge in [-0.3, -0.25) is 0 Å². The predicted octanol–water partition coefficient (Wildman–Crippen LogP) is 4.47. The Bertz CT molecular complexity index is 538. The van der Waals surface area contributed by atoms with E-state index in [1.807, 2.05) is 0 Å². The van der Waals surface area contributed by atoms with Gasteiger partial charge in [0.15, 0.2) is 0 Å². The van der Waals surface area contributed by atoms with Gasteiger partial charge in [-0.2, -0.15) is 0 Å². The lowest BCUT2D eigenvalue weighted by atomic mass is 9.39. The Morgan fingerprint density at radius 3 is 2.48 bits per heavy atom. The number of rotatable bonds is 2. The quantitative estimate of drug-likeness (QED) is 0.737. The summed E-state index contributed by atoms with van der Waals surface area (Å²) in [6.07, 6.45) is 10.6. The number of aliphatic hydroxyl groups excluding tert-OH is 2. The summed E-state index contributed by atoms with van der Waals surface area (Å²) >= 11 is 0. The van der Waals surface area contributed by atoms with Crippen molar-refractivity contribution in [1.82, 2.24) is 0 Å². The van der Waals surface area contributed by atoms with E-state index in [1.165, 1.54) is 6.42 Å². The number of allylic oxidation sites excluding steroid dienone is 3. The number of fused-ring (bicyclic) bond motifs is 3. The monoisotopic (exact) mass is 318 g/mol. The van der Waals surface area contributed by atoms with Gasteiger partial charge in [0.05, 0.1) is 12.7 Å². The van der Waals surface area contributed by atoms with Crippen molar-refractivity contribution in [2.75, 3.05) is 6.61 Å². The Balaban J connectivity index is 2.07. The van der Waals surface area contributed by atoms with Crippen LogP contribution >= 0.6 is 0 Å². The first-order valence-electron chi connectivity index (χ1n) is 9.30. The SMILES string of the molecule is C=C[C@@]1(C)C=C2CC[C@H]3[C@](C)(CO)[C@@H](O)CC[C@]3(C)[C@@]2(C)CC1. The summed E-state index contributed by atoms with van der Waals surface area (Å²) in [5, 5.41) is 20.7. The molecule has 0 bridgehead atoms. The summed E-state index contributed by atoms with van der Waals surface area (Å²) in [5.41, 5.74) is 1.72. The van der Waals surface area contributed by atoms with Gasteiger partial charge in [-0.05, 0) is 55.3 Å². The van der Waals surface area contributed by atoms with Crippen molar-refractivity contribution in [3.05, 3.63) is 24.3 Å². The van der Waals surface area contributed by atoms with Gasteiger partial charge in [-0.1, -0.05) is 45.4 Å². The highest BCUT2D eigenvalue weighted by Crippen LogP contribution is 2.69. The molecule has 0 aliphatic heterocycles. The highest BCUT2D eigenvalue weighted by Gasteiger charge is 2.62. The van der Waals surface area contributed by atoms with Gasteiger partial charge in [-0.25, -0.2) is 0 Å². The van der Waals surface area contributed by atoms with E-state index < -0.39 is 0 Å². The third-order valence-corrected chi connectivity index (χ3v) is 8.41. The largest absolute Gasteiger partial charge is 0.396 e. The molecule has 3 aliphatic rings. The molecule has 0 amide bonds. The normalized spacial score (nSPS) is 53.0. The van der Waals surface area contributed by atoms with E-state index in [2.05, 4.69) is 46.4 Å². The smallest absolute Gasteiger partial charge is 0.0618 e. The van der Waals surface area contributed by atoms with Crippen molar-refractivity contribution in [2.24, 2.45) is 27.6 Å². The molecule has 6 atom stereocenters. The van der Waals surface area contributed by atoms with Gasteiger partial charge in [0.1, 0.15) is 0 Å². The molecule has 2 saturated carbocycles. The van der Waals surface area contributed by atoms with Crippen LogP contribution in [0.25, 0.3) is 0 Å². The minimum absolute atomic E-state index is 0.0912. The van der Waals surface area contributed by atoms with Gasteiger partial charge in [0, 0.05) is 10.8 Å². The summed E-state index contributed by atoms with van der Waals surface area (Å²) in [5.74, 6) is 0.388. The van der Waals surface area contributed by atoms with Gasteiger partial charge >= 0.3 is 0 Å². The molecule has 0 heterocycles. The maximum atomic E-state index is 10.6. The van der Waals surface area contributed by atoms with Gasteiger partial charge in [0.2, 0.25) is 0 Å². The van der Waals surface area contributed by atoms with Gasteiger partial charge < -0.3 is 10.2 Å². The second kappa shape index (κ2) is 5.20. The standard InChI is InChI=1S/C21H34O2/c1-6-18(2)11-12-20(4)15(13-18)7-8-16-19(3,14-22)17(23)9-10-21(16,20)5/h6,13,16-17,22-23H,1,7-12,14H2,2-5H3/t16-,17-,18+,19-,20-,21-/m0/s1. The molecule has 130 valence electrons. The summed E-state index contributed by atoms with van der Waals surface area (Å²) in [7, 11) is 0. The average molecular weight is 319 g/mol. The second-order valence-corrected chi connectivity index (χ2v) is 9.44. The summed E-state index contributed by atoms with van der Waals surface area (Å²) in [6, 6.07) is 0. The Kier molecular flexibility index (Phi) is 3.89. The highest BCUT2D eigenvalue weighted by atomic mass is 16.3. The minimum atomic E-state index is -0.373. The van der Waals surface area contributed by atoms with E-state index in [-0.39, 0.29) is 34.4 Å². The van der Waals surface area contributed by atoms with Crippen LogP contribution in [0, 0.1) is 27.6 Å². The van der Waals surface area contributed by atoms with Gasteiger partial charge in [-0.15, -0.1) is 6.58 Å². The van der Waals surface area contributed by atoms with Crippen LogP contribution in [0.3, 0.4) is 0 Å². The molecule has 0 radical (unpaired) electrons. The molecule has 0 aromatic carbocycles. The Morgan fingerprint density at radius 1 is 1.17 bits per heavy atom. The number of aliphatic hydroxyl groups is 2. The molecule has 3 rings (SSSR count). The van der Waals surface area contributed by atoms with Crippen molar-refractivity contribution in [1.29, 1.82) is 0 Å². The molecular formula is C21H34O2. The third kappa shape index (κ3) is 2.14. The molecule has 2 nitrogen and oxygen atoms in total. The molecule has 0 spiro atoms. The minimum Gasteiger partial charge on any atom is -0.396 e. The second-order valence-electron chi connectivity index (χ2n) is 9.44. The van der Waals surface area contributed by atoms with Crippen LogP contribution in [0.4, 0.5) is 0 Å². The van der Waals surface area contributed by atoms with E-state index in [0.717, 1.165) is 32.1 Å². The lowest BCUT2D eigenvalue weighted by molar-refractivity contribution is -0.176. The highest BCUT2D eigenvalue weighted by molar-refractivity contribution is 5.31. The van der Waals surface area contributed by atoms with Crippen LogP contribution in [0.2, 0.25) is 0 Å². The molecule has 0 aromatic heterocycles. The maximum absolute atomic E-state index is 10.6. The summed E-state index contributed by atoms with van der Waals surface area (Å²) in [4.78, 5) is 0. The molecule has 0 aromatic rings. The zero-order valence-corrected chi connectivity index (χ0v) is 15.4. The van der Waals surface area contributed by atoms with Crippen LogP contribution in [0.1, 0.15) is 66.2 Å². The Morgan fingerprint density at radius 2 is 1.87 bits per heavy atom.